The smallest absolute Gasteiger partial charge is 0.313 e. The summed E-state index contributed by atoms with van der Waals surface area (Å²) in [6, 6.07) is 1.98. The van der Waals surface area contributed by atoms with Gasteiger partial charge in [0, 0.05) is 18.3 Å². The van der Waals surface area contributed by atoms with Gasteiger partial charge in [-0.05, 0) is 37.0 Å². The molecule has 1 saturated carbocycles. The van der Waals surface area contributed by atoms with E-state index in [2.05, 4.69) is 15.2 Å². The number of carboxylic acid groups (broad SMARTS) is 1. The lowest BCUT2D eigenvalue weighted by molar-refractivity contribution is -0.133. The summed E-state index contributed by atoms with van der Waals surface area (Å²) in [7, 11) is 0. The van der Waals surface area contributed by atoms with Crippen LogP contribution < -0.4 is 0 Å². The number of nitrogens with zero attached hydrogens (tertiary/aromatic N) is 4. The molecular weight excluding hydrogens is 288 g/mol. The molecule has 1 fully saturated rings. The van der Waals surface area contributed by atoms with Crippen LogP contribution in [0.1, 0.15) is 35.7 Å². The van der Waals surface area contributed by atoms with Gasteiger partial charge >= 0.3 is 5.97 Å². The van der Waals surface area contributed by atoms with Crippen molar-refractivity contribution in [1.82, 2.24) is 19.7 Å². The van der Waals surface area contributed by atoms with Crippen LogP contribution in [0.5, 0.6) is 0 Å². The molecular formula is C14H16N4O2S. The molecule has 21 heavy (non-hydrogen) atoms. The number of aryl methyl sites for hydroxylation is 1. The molecule has 0 atom stereocenters. The number of carbonyl (C=O) groups is 1. The number of carboxylic acids is 1. The van der Waals surface area contributed by atoms with Gasteiger partial charge in [-0.2, -0.15) is 0 Å². The first-order valence-electron chi connectivity index (χ1n) is 6.82. The fourth-order valence-electron chi connectivity index (χ4n) is 2.18. The standard InChI is InChI=1S/C14H16N4O2S/c1-9-6-15-5-4-11(9)7-18-13(10-2-3-10)16-17-14(18)21-8-12(19)20/h4-6,10H,2-3,7-8H2,1H3,(H,19,20). The summed E-state index contributed by atoms with van der Waals surface area (Å²) in [4.78, 5) is 14.9. The highest BCUT2D eigenvalue weighted by atomic mass is 32.2. The van der Waals surface area contributed by atoms with Gasteiger partial charge in [0.2, 0.25) is 0 Å². The molecule has 2 aromatic heterocycles. The second kappa shape index (κ2) is 5.85. The van der Waals surface area contributed by atoms with E-state index in [-0.39, 0.29) is 5.75 Å². The van der Waals surface area contributed by atoms with Crippen LogP contribution >= 0.6 is 11.8 Å². The van der Waals surface area contributed by atoms with E-state index in [1.165, 1.54) is 11.8 Å². The number of hydrogen-bond acceptors (Lipinski definition) is 5. The van der Waals surface area contributed by atoms with Gasteiger partial charge in [-0.1, -0.05) is 11.8 Å². The quantitative estimate of drug-likeness (QED) is 0.823. The van der Waals surface area contributed by atoms with E-state index in [9.17, 15) is 4.79 Å². The second-order valence-corrected chi connectivity index (χ2v) is 6.13. The Hall–Kier alpha value is -1.89. The molecule has 0 spiro atoms. The van der Waals surface area contributed by atoms with Crippen molar-refractivity contribution in [3.63, 3.8) is 0 Å². The monoisotopic (exact) mass is 304 g/mol. The zero-order valence-corrected chi connectivity index (χ0v) is 12.5. The van der Waals surface area contributed by atoms with E-state index in [4.69, 9.17) is 5.11 Å². The van der Waals surface area contributed by atoms with Crippen molar-refractivity contribution in [2.45, 2.75) is 37.4 Å². The van der Waals surface area contributed by atoms with Gasteiger partial charge in [0.05, 0.1) is 12.3 Å². The highest BCUT2D eigenvalue weighted by molar-refractivity contribution is 7.99. The molecule has 110 valence electrons. The largest absolute Gasteiger partial charge is 0.481 e. The van der Waals surface area contributed by atoms with Gasteiger partial charge in [0.15, 0.2) is 5.16 Å². The summed E-state index contributed by atoms with van der Waals surface area (Å²) in [5, 5.41) is 18.0. The average molecular weight is 304 g/mol. The van der Waals surface area contributed by atoms with Crippen molar-refractivity contribution in [3.05, 3.63) is 35.4 Å². The third-order valence-corrected chi connectivity index (χ3v) is 4.43. The number of hydrogen-bond donors (Lipinski definition) is 1. The van der Waals surface area contributed by atoms with Crippen molar-refractivity contribution in [2.24, 2.45) is 0 Å². The molecule has 2 aromatic rings. The first kappa shape index (κ1) is 14.1. The van der Waals surface area contributed by atoms with E-state index in [0.717, 1.165) is 29.8 Å². The minimum atomic E-state index is -0.845. The molecule has 2 heterocycles. The number of thioether (sulfide) groups is 1. The van der Waals surface area contributed by atoms with Gasteiger partial charge in [-0.25, -0.2) is 0 Å². The third kappa shape index (κ3) is 3.24. The topological polar surface area (TPSA) is 80.9 Å². The molecule has 3 rings (SSSR count). The van der Waals surface area contributed by atoms with Crippen LogP contribution in [-0.2, 0) is 11.3 Å². The molecule has 6 nitrogen and oxygen atoms in total. The van der Waals surface area contributed by atoms with Gasteiger partial charge in [0.1, 0.15) is 5.82 Å². The van der Waals surface area contributed by atoms with Crippen LogP contribution in [0.4, 0.5) is 0 Å². The van der Waals surface area contributed by atoms with E-state index in [1.54, 1.807) is 6.20 Å². The molecule has 1 N–H and O–H groups in total. The Bertz CT molecular complexity index is 667. The summed E-state index contributed by atoms with van der Waals surface area (Å²) in [6.45, 7) is 2.68. The molecule has 7 heteroatoms. The Labute approximate surface area is 126 Å². The number of aliphatic carboxylic acids is 1. The van der Waals surface area contributed by atoms with Crippen LogP contribution in [0.15, 0.2) is 23.6 Å². The highest BCUT2D eigenvalue weighted by Gasteiger charge is 2.30. The summed E-state index contributed by atoms with van der Waals surface area (Å²) in [6.07, 6.45) is 5.88. The molecule has 0 radical (unpaired) electrons. The average Bonchev–Trinajstić information content (AvgIpc) is 3.22. The Morgan fingerprint density at radius 1 is 1.48 bits per heavy atom. The maximum Gasteiger partial charge on any atom is 0.313 e. The lowest BCUT2D eigenvalue weighted by Gasteiger charge is -2.11. The van der Waals surface area contributed by atoms with Crippen molar-refractivity contribution in [3.8, 4) is 0 Å². The minimum absolute atomic E-state index is 0.00186. The van der Waals surface area contributed by atoms with Gasteiger partial charge in [0.25, 0.3) is 0 Å². The first-order valence-corrected chi connectivity index (χ1v) is 7.81. The fraction of sp³-hybridized carbons (Fsp3) is 0.429. The van der Waals surface area contributed by atoms with Crippen LogP contribution in [0.25, 0.3) is 0 Å². The maximum absolute atomic E-state index is 10.8. The van der Waals surface area contributed by atoms with E-state index in [0.29, 0.717) is 17.6 Å². The minimum Gasteiger partial charge on any atom is -0.481 e. The molecule has 0 aliphatic heterocycles. The molecule has 1 aliphatic rings. The van der Waals surface area contributed by atoms with Crippen molar-refractivity contribution < 1.29 is 9.90 Å². The Balaban J connectivity index is 1.89. The van der Waals surface area contributed by atoms with Gasteiger partial charge in [-0.15, -0.1) is 10.2 Å². The number of rotatable bonds is 6. The van der Waals surface area contributed by atoms with E-state index in [1.807, 2.05) is 23.8 Å². The molecule has 1 aliphatic carbocycles. The maximum atomic E-state index is 10.8. The normalized spacial score (nSPS) is 14.3. The lowest BCUT2D eigenvalue weighted by Crippen LogP contribution is -2.08. The summed E-state index contributed by atoms with van der Waals surface area (Å²) >= 11 is 1.22. The van der Waals surface area contributed by atoms with Crippen LogP contribution in [0.2, 0.25) is 0 Å². The Morgan fingerprint density at radius 2 is 2.29 bits per heavy atom. The third-order valence-electron chi connectivity index (χ3n) is 3.48. The molecule has 0 aromatic carbocycles. The summed E-state index contributed by atoms with van der Waals surface area (Å²) < 4.78 is 2.05. The van der Waals surface area contributed by atoms with E-state index < -0.39 is 5.97 Å². The van der Waals surface area contributed by atoms with Crippen molar-refractivity contribution in [2.75, 3.05) is 5.75 Å². The van der Waals surface area contributed by atoms with Crippen molar-refractivity contribution >= 4 is 17.7 Å². The number of pyridine rings is 1. The first-order chi connectivity index (χ1) is 10.1. The Morgan fingerprint density at radius 3 is 2.95 bits per heavy atom. The highest BCUT2D eigenvalue weighted by Crippen LogP contribution is 2.40. The number of aromatic nitrogens is 4. The summed E-state index contributed by atoms with van der Waals surface area (Å²) in [5.41, 5.74) is 2.27. The molecule has 0 saturated heterocycles. The summed E-state index contributed by atoms with van der Waals surface area (Å²) in [5.74, 6) is 0.596. The molecule has 0 bridgehead atoms. The van der Waals surface area contributed by atoms with E-state index >= 15 is 0 Å². The van der Waals surface area contributed by atoms with Crippen LogP contribution in [0, 0.1) is 6.92 Å². The fourth-order valence-corrected chi connectivity index (χ4v) is 2.84. The second-order valence-electron chi connectivity index (χ2n) is 5.19. The zero-order valence-electron chi connectivity index (χ0n) is 11.7. The SMILES string of the molecule is Cc1cnccc1Cn1c(SCC(=O)O)nnc1C1CC1. The van der Waals surface area contributed by atoms with Gasteiger partial charge < -0.3 is 9.67 Å². The molecule has 0 amide bonds. The van der Waals surface area contributed by atoms with Crippen molar-refractivity contribution in [1.29, 1.82) is 0 Å². The predicted molar refractivity (Wildman–Crippen MR) is 78.4 cm³/mol. The molecule has 0 unspecified atom stereocenters. The van der Waals surface area contributed by atoms with Gasteiger partial charge in [-0.3, -0.25) is 9.78 Å². The Kier molecular flexibility index (Phi) is 3.92. The van der Waals surface area contributed by atoms with Crippen LogP contribution in [0.3, 0.4) is 0 Å². The zero-order chi connectivity index (χ0) is 14.8. The lowest BCUT2D eigenvalue weighted by atomic mass is 10.1. The van der Waals surface area contributed by atoms with Crippen LogP contribution in [-0.4, -0.2) is 36.6 Å². The predicted octanol–water partition coefficient (Wildman–Crippen LogP) is 2.08.